The first-order chi connectivity index (χ1) is 8.49. The molecule has 0 spiro atoms. The van der Waals surface area contributed by atoms with Crippen LogP contribution in [0.3, 0.4) is 0 Å². The van der Waals surface area contributed by atoms with E-state index >= 15 is 0 Å². The quantitative estimate of drug-likeness (QED) is 0.828. The Morgan fingerprint density at radius 2 is 2.06 bits per heavy atom. The number of amides is 1. The van der Waals surface area contributed by atoms with E-state index in [2.05, 4.69) is 0 Å². The van der Waals surface area contributed by atoms with Crippen molar-refractivity contribution >= 4 is 5.91 Å². The summed E-state index contributed by atoms with van der Waals surface area (Å²) in [7, 11) is 0. The molecule has 1 saturated heterocycles. The Bertz CT molecular complexity index is 502. The number of aromatic hydroxyl groups is 1. The van der Waals surface area contributed by atoms with E-state index in [0.717, 1.165) is 18.4 Å². The summed E-state index contributed by atoms with van der Waals surface area (Å²) in [6.07, 6.45) is 2.15. The van der Waals surface area contributed by atoms with Crippen molar-refractivity contribution in [2.75, 3.05) is 13.1 Å². The number of β-amino-alcohol motifs (C(OH)–C–C–N with tert-alkyl or cyclic N) is 1. The molecule has 1 aliphatic heterocycles. The van der Waals surface area contributed by atoms with Crippen LogP contribution in [0, 0.1) is 12.8 Å². The van der Waals surface area contributed by atoms with Crippen LogP contribution in [0.5, 0.6) is 5.75 Å². The van der Waals surface area contributed by atoms with E-state index in [1.54, 1.807) is 24.0 Å². The Hall–Kier alpha value is -1.55. The largest absolute Gasteiger partial charge is 0.508 e. The molecule has 1 saturated carbocycles. The van der Waals surface area contributed by atoms with Crippen molar-refractivity contribution in [1.29, 1.82) is 0 Å². The lowest BCUT2D eigenvalue weighted by Gasteiger charge is -2.47. The smallest absolute Gasteiger partial charge is 0.254 e. The normalized spacial score (nSPS) is 21.6. The Morgan fingerprint density at radius 3 is 2.61 bits per heavy atom. The van der Waals surface area contributed by atoms with Gasteiger partial charge in [0.15, 0.2) is 0 Å². The lowest BCUT2D eigenvalue weighted by atomic mass is 9.88. The predicted molar refractivity (Wildman–Crippen MR) is 66.4 cm³/mol. The number of phenolic OH excluding ortho intramolecular Hbond substituents is 1. The molecular weight excluding hydrogens is 230 g/mol. The van der Waals surface area contributed by atoms with E-state index in [1.807, 2.05) is 0 Å². The maximum absolute atomic E-state index is 12.1. The average molecular weight is 247 g/mol. The summed E-state index contributed by atoms with van der Waals surface area (Å²) >= 11 is 0. The molecule has 1 heterocycles. The van der Waals surface area contributed by atoms with Gasteiger partial charge in [-0.15, -0.1) is 0 Å². The number of carbonyl (C=O) groups excluding carboxylic acids is 1. The van der Waals surface area contributed by atoms with Gasteiger partial charge >= 0.3 is 0 Å². The summed E-state index contributed by atoms with van der Waals surface area (Å²) in [4.78, 5) is 13.8. The molecule has 1 aliphatic carbocycles. The zero-order valence-electron chi connectivity index (χ0n) is 10.4. The van der Waals surface area contributed by atoms with Gasteiger partial charge < -0.3 is 15.1 Å². The second-order valence-electron chi connectivity index (χ2n) is 5.54. The summed E-state index contributed by atoms with van der Waals surface area (Å²) in [5.74, 6) is 0.405. The second-order valence-corrected chi connectivity index (χ2v) is 5.54. The first kappa shape index (κ1) is 11.5. The van der Waals surface area contributed by atoms with Gasteiger partial charge in [0.2, 0.25) is 0 Å². The molecule has 96 valence electrons. The monoisotopic (exact) mass is 247 g/mol. The highest BCUT2D eigenvalue weighted by Crippen LogP contribution is 2.44. The van der Waals surface area contributed by atoms with Crippen molar-refractivity contribution < 1.29 is 15.0 Å². The lowest BCUT2D eigenvalue weighted by Crippen LogP contribution is -2.64. The van der Waals surface area contributed by atoms with E-state index in [4.69, 9.17) is 0 Å². The molecule has 4 nitrogen and oxygen atoms in total. The van der Waals surface area contributed by atoms with Crippen molar-refractivity contribution in [3.05, 3.63) is 29.3 Å². The Morgan fingerprint density at radius 1 is 1.39 bits per heavy atom. The van der Waals surface area contributed by atoms with E-state index in [0.29, 0.717) is 24.6 Å². The van der Waals surface area contributed by atoms with Crippen LogP contribution in [-0.4, -0.2) is 39.7 Å². The van der Waals surface area contributed by atoms with Gasteiger partial charge in [0.05, 0.1) is 13.1 Å². The van der Waals surface area contributed by atoms with E-state index in [9.17, 15) is 15.0 Å². The molecule has 2 aliphatic rings. The van der Waals surface area contributed by atoms with Crippen LogP contribution < -0.4 is 0 Å². The summed E-state index contributed by atoms with van der Waals surface area (Å²) < 4.78 is 0. The number of benzene rings is 1. The predicted octanol–water partition coefficient (Wildman–Crippen LogP) is 1.30. The molecule has 18 heavy (non-hydrogen) atoms. The minimum atomic E-state index is -0.650. The van der Waals surface area contributed by atoms with Gasteiger partial charge in [0.25, 0.3) is 5.91 Å². The molecule has 0 aromatic heterocycles. The summed E-state index contributed by atoms with van der Waals surface area (Å²) in [6.45, 7) is 2.63. The number of phenols is 1. The van der Waals surface area contributed by atoms with Gasteiger partial charge in [-0.2, -0.15) is 0 Å². The second kappa shape index (κ2) is 3.72. The molecule has 0 unspecified atom stereocenters. The van der Waals surface area contributed by atoms with Crippen LogP contribution in [0.1, 0.15) is 28.8 Å². The van der Waals surface area contributed by atoms with Gasteiger partial charge in [-0.1, -0.05) is 6.07 Å². The van der Waals surface area contributed by atoms with E-state index in [-0.39, 0.29) is 11.7 Å². The summed E-state index contributed by atoms with van der Waals surface area (Å²) in [5, 5.41) is 19.8. The number of likely N-dealkylation sites (tertiary alicyclic amines) is 1. The van der Waals surface area contributed by atoms with Crippen LogP contribution >= 0.6 is 0 Å². The topological polar surface area (TPSA) is 60.8 Å². The SMILES string of the molecule is Cc1ccc(C(=O)N2CC(O)(C3CC3)C2)cc1O. The number of nitrogens with zero attached hydrogens (tertiary/aromatic N) is 1. The van der Waals surface area contributed by atoms with E-state index < -0.39 is 5.60 Å². The maximum Gasteiger partial charge on any atom is 0.254 e. The number of hydrogen-bond donors (Lipinski definition) is 2. The van der Waals surface area contributed by atoms with Crippen LogP contribution in [0.15, 0.2) is 18.2 Å². The number of aryl methyl sites for hydroxylation is 1. The summed E-state index contributed by atoms with van der Waals surface area (Å²) in [5.41, 5.74) is 0.586. The zero-order chi connectivity index (χ0) is 12.9. The molecule has 2 N–H and O–H groups in total. The van der Waals surface area contributed by atoms with Crippen LogP contribution in [0.2, 0.25) is 0 Å². The van der Waals surface area contributed by atoms with Crippen molar-refractivity contribution in [3.63, 3.8) is 0 Å². The Labute approximate surface area is 106 Å². The van der Waals surface area contributed by atoms with Gasteiger partial charge in [-0.25, -0.2) is 0 Å². The van der Waals surface area contributed by atoms with Crippen molar-refractivity contribution in [2.24, 2.45) is 5.92 Å². The minimum absolute atomic E-state index is 0.115. The first-order valence-electron chi connectivity index (χ1n) is 6.31. The molecule has 3 rings (SSSR count). The Balaban J connectivity index is 1.70. The van der Waals surface area contributed by atoms with Crippen LogP contribution in [-0.2, 0) is 0 Å². The summed E-state index contributed by atoms with van der Waals surface area (Å²) in [6, 6.07) is 4.94. The van der Waals surface area contributed by atoms with Crippen LogP contribution in [0.25, 0.3) is 0 Å². The Kier molecular flexibility index (Phi) is 2.38. The van der Waals surface area contributed by atoms with Crippen molar-refractivity contribution in [2.45, 2.75) is 25.4 Å². The standard InChI is InChI=1S/C14H17NO3/c1-9-2-3-10(6-12(9)16)13(17)15-7-14(18,8-15)11-4-5-11/h2-3,6,11,16,18H,4-5,7-8H2,1H3. The number of rotatable bonds is 2. The fourth-order valence-electron chi connectivity index (χ4n) is 2.56. The fraction of sp³-hybridized carbons (Fsp3) is 0.500. The molecule has 2 fully saturated rings. The third-order valence-corrected chi connectivity index (χ3v) is 4.01. The highest BCUT2D eigenvalue weighted by atomic mass is 16.3. The lowest BCUT2D eigenvalue weighted by molar-refractivity contribution is -0.0958. The third-order valence-electron chi connectivity index (χ3n) is 4.01. The number of hydrogen-bond acceptors (Lipinski definition) is 3. The third kappa shape index (κ3) is 1.77. The first-order valence-corrected chi connectivity index (χ1v) is 6.31. The molecule has 1 aromatic rings. The molecule has 1 aromatic carbocycles. The van der Waals surface area contributed by atoms with Gasteiger partial charge in [0.1, 0.15) is 11.4 Å². The van der Waals surface area contributed by atoms with Gasteiger partial charge in [-0.3, -0.25) is 4.79 Å². The molecule has 4 heteroatoms. The highest BCUT2D eigenvalue weighted by Gasteiger charge is 2.53. The molecule has 0 atom stereocenters. The molecule has 0 bridgehead atoms. The molecular formula is C14H17NO3. The fourth-order valence-corrected chi connectivity index (χ4v) is 2.56. The number of carbonyl (C=O) groups is 1. The van der Waals surface area contributed by atoms with E-state index in [1.165, 1.54) is 6.07 Å². The average Bonchev–Trinajstić information content (AvgIpc) is 3.12. The maximum atomic E-state index is 12.1. The van der Waals surface area contributed by atoms with Gasteiger partial charge in [0, 0.05) is 5.56 Å². The highest BCUT2D eigenvalue weighted by molar-refractivity contribution is 5.95. The van der Waals surface area contributed by atoms with Gasteiger partial charge in [-0.05, 0) is 43.4 Å². The van der Waals surface area contributed by atoms with Crippen LogP contribution in [0.4, 0.5) is 0 Å². The van der Waals surface area contributed by atoms with Crippen molar-refractivity contribution in [3.8, 4) is 5.75 Å². The number of aliphatic hydroxyl groups is 1. The minimum Gasteiger partial charge on any atom is -0.508 e. The van der Waals surface area contributed by atoms with Crippen molar-refractivity contribution in [1.82, 2.24) is 4.90 Å². The molecule has 0 radical (unpaired) electrons. The molecule has 1 amide bonds. The zero-order valence-corrected chi connectivity index (χ0v) is 10.4.